The Bertz CT molecular complexity index is 408. The lowest BCUT2D eigenvalue weighted by molar-refractivity contribution is -0.116. The third-order valence-electron chi connectivity index (χ3n) is 2.34. The number of rotatable bonds is 6. The maximum absolute atomic E-state index is 11.7. The molecule has 5 heteroatoms. The average molecular weight is 271 g/mol. The van der Waals surface area contributed by atoms with Crippen molar-refractivity contribution in [3.05, 3.63) is 23.2 Å². The summed E-state index contributed by atoms with van der Waals surface area (Å²) in [5.74, 6) is 0.534. The smallest absolute Gasteiger partial charge is 0.224 e. The zero-order valence-corrected chi connectivity index (χ0v) is 11.5. The van der Waals surface area contributed by atoms with E-state index in [9.17, 15) is 4.79 Å². The second kappa shape index (κ2) is 7.24. The van der Waals surface area contributed by atoms with Crippen LogP contribution in [0, 0.1) is 0 Å². The zero-order chi connectivity index (χ0) is 13.5. The van der Waals surface area contributed by atoms with Gasteiger partial charge in [0.2, 0.25) is 5.91 Å². The number of nitrogens with one attached hydrogen (secondary N) is 1. The third kappa shape index (κ3) is 4.94. The number of halogens is 1. The molecule has 18 heavy (non-hydrogen) atoms. The molecule has 1 amide bonds. The van der Waals surface area contributed by atoms with Gasteiger partial charge in [-0.1, -0.05) is 11.6 Å². The molecule has 0 bridgehead atoms. The predicted octanol–water partition coefficient (Wildman–Crippen LogP) is 2.80. The van der Waals surface area contributed by atoms with Gasteiger partial charge in [0.05, 0.1) is 12.3 Å². The normalized spacial score (nSPS) is 12.0. The van der Waals surface area contributed by atoms with Crippen molar-refractivity contribution in [3.63, 3.8) is 0 Å². The van der Waals surface area contributed by atoms with E-state index < -0.39 is 0 Å². The summed E-state index contributed by atoms with van der Waals surface area (Å²) in [4.78, 5) is 11.7. The molecule has 0 radical (unpaired) electrons. The highest BCUT2D eigenvalue weighted by atomic mass is 35.5. The maximum Gasteiger partial charge on any atom is 0.224 e. The van der Waals surface area contributed by atoms with Gasteiger partial charge in [0.1, 0.15) is 5.75 Å². The first-order valence-electron chi connectivity index (χ1n) is 6.00. The number of ether oxygens (including phenoxy) is 1. The first-order chi connectivity index (χ1) is 8.52. The zero-order valence-electron chi connectivity index (χ0n) is 10.7. The minimum atomic E-state index is -0.0875. The van der Waals surface area contributed by atoms with Crippen molar-refractivity contribution in [1.29, 1.82) is 0 Å². The lowest BCUT2D eigenvalue weighted by Crippen LogP contribution is -2.19. The van der Waals surface area contributed by atoms with Crippen molar-refractivity contribution in [2.24, 2.45) is 5.73 Å². The molecule has 4 nitrogen and oxygen atoms in total. The molecule has 0 heterocycles. The molecule has 0 aromatic heterocycles. The van der Waals surface area contributed by atoms with E-state index in [-0.39, 0.29) is 11.9 Å². The van der Waals surface area contributed by atoms with E-state index in [0.29, 0.717) is 35.9 Å². The van der Waals surface area contributed by atoms with Crippen LogP contribution in [0.1, 0.15) is 26.7 Å². The number of carbonyl (C=O) groups excluding carboxylic acids is 1. The topological polar surface area (TPSA) is 64.3 Å². The van der Waals surface area contributed by atoms with Gasteiger partial charge in [-0.3, -0.25) is 4.79 Å². The van der Waals surface area contributed by atoms with Gasteiger partial charge in [0.25, 0.3) is 0 Å². The molecule has 1 atom stereocenters. The SMILES string of the molecule is CCOc1ccc(Cl)cc1NC(=O)CCC(C)N. The molecule has 0 fully saturated rings. The number of benzene rings is 1. The van der Waals surface area contributed by atoms with Gasteiger partial charge >= 0.3 is 0 Å². The van der Waals surface area contributed by atoms with Gasteiger partial charge in [-0.2, -0.15) is 0 Å². The summed E-state index contributed by atoms with van der Waals surface area (Å²) in [6, 6.07) is 5.16. The van der Waals surface area contributed by atoms with Gasteiger partial charge in [-0.05, 0) is 38.5 Å². The van der Waals surface area contributed by atoms with Crippen LogP contribution in [0.3, 0.4) is 0 Å². The fourth-order valence-electron chi connectivity index (χ4n) is 1.45. The highest BCUT2D eigenvalue weighted by Crippen LogP contribution is 2.28. The van der Waals surface area contributed by atoms with Gasteiger partial charge in [0.15, 0.2) is 0 Å². The van der Waals surface area contributed by atoms with E-state index in [1.807, 2.05) is 13.8 Å². The quantitative estimate of drug-likeness (QED) is 0.835. The Morgan fingerprint density at radius 1 is 1.56 bits per heavy atom. The Morgan fingerprint density at radius 3 is 2.89 bits per heavy atom. The molecule has 0 aliphatic heterocycles. The van der Waals surface area contributed by atoms with Gasteiger partial charge in [-0.15, -0.1) is 0 Å². The second-order valence-corrected chi connectivity index (χ2v) is 4.57. The summed E-state index contributed by atoms with van der Waals surface area (Å²) in [6.45, 7) is 4.29. The number of nitrogens with two attached hydrogens (primary N) is 1. The van der Waals surface area contributed by atoms with Crippen LogP contribution >= 0.6 is 11.6 Å². The van der Waals surface area contributed by atoms with Crippen LogP contribution in [0.15, 0.2) is 18.2 Å². The molecule has 3 N–H and O–H groups in total. The summed E-state index contributed by atoms with van der Waals surface area (Å²) in [5.41, 5.74) is 6.21. The monoisotopic (exact) mass is 270 g/mol. The highest BCUT2D eigenvalue weighted by molar-refractivity contribution is 6.31. The summed E-state index contributed by atoms with van der Waals surface area (Å²) in [5, 5.41) is 3.34. The molecule has 0 saturated heterocycles. The molecule has 100 valence electrons. The maximum atomic E-state index is 11.7. The molecular weight excluding hydrogens is 252 g/mol. The fraction of sp³-hybridized carbons (Fsp3) is 0.462. The number of hydrogen-bond acceptors (Lipinski definition) is 3. The van der Waals surface area contributed by atoms with Gasteiger partial charge < -0.3 is 15.8 Å². The molecule has 1 unspecified atom stereocenters. The van der Waals surface area contributed by atoms with E-state index in [0.717, 1.165) is 0 Å². The van der Waals surface area contributed by atoms with E-state index in [1.165, 1.54) is 0 Å². The van der Waals surface area contributed by atoms with Crippen molar-refractivity contribution >= 4 is 23.2 Å². The predicted molar refractivity (Wildman–Crippen MR) is 74.1 cm³/mol. The molecular formula is C13H19ClN2O2. The molecule has 0 aliphatic carbocycles. The van der Waals surface area contributed by atoms with Crippen molar-refractivity contribution in [1.82, 2.24) is 0 Å². The molecule has 0 aliphatic rings. The summed E-state index contributed by atoms with van der Waals surface area (Å²) < 4.78 is 5.42. The van der Waals surface area contributed by atoms with Crippen molar-refractivity contribution in [2.45, 2.75) is 32.7 Å². The molecule has 1 aromatic rings. The number of hydrogen-bond donors (Lipinski definition) is 2. The van der Waals surface area contributed by atoms with Crippen LogP contribution in [0.5, 0.6) is 5.75 Å². The summed E-state index contributed by atoms with van der Waals surface area (Å²) >= 11 is 5.90. The standard InChI is InChI=1S/C13H19ClN2O2/c1-3-18-12-6-5-10(14)8-11(12)16-13(17)7-4-9(2)15/h5-6,8-9H,3-4,7,15H2,1-2H3,(H,16,17). The Hall–Kier alpha value is -1.26. The van der Waals surface area contributed by atoms with Crippen LogP contribution in [0.25, 0.3) is 0 Å². The van der Waals surface area contributed by atoms with Crippen molar-refractivity contribution < 1.29 is 9.53 Å². The van der Waals surface area contributed by atoms with Crippen molar-refractivity contribution in [3.8, 4) is 5.75 Å². The fourth-order valence-corrected chi connectivity index (χ4v) is 1.62. The second-order valence-electron chi connectivity index (χ2n) is 4.14. The Balaban J connectivity index is 2.69. The Labute approximate surface area is 112 Å². The lowest BCUT2D eigenvalue weighted by atomic mass is 10.2. The van der Waals surface area contributed by atoms with E-state index in [1.54, 1.807) is 18.2 Å². The van der Waals surface area contributed by atoms with E-state index in [4.69, 9.17) is 22.1 Å². The van der Waals surface area contributed by atoms with Crippen LogP contribution in [0.2, 0.25) is 5.02 Å². The summed E-state index contributed by atoms with van der Waals surface area (Å²) in [7, 11) is 0. The Kier molecular flexibility index (Phi) is 5.95. The van der Waals surface area contributed by atoms with Crippen LogP contribution in [-0.4, -0.2) is 18.6 Å². The first-order valence-corrected chi connectivity index (χ1v) is 6.38. The molecule has 1 rings (SSSR count). The van der Waals surface area contributed by atoms with Crippen LogP contribution < -0.4 is 15.8 Å². The molecule has 0 spiro atoms. The molecule has 0 saturated carbocycles. The number of carbonyl (C=O) groups is 1. The molecule has 1 aromatic carbocycles. The van der Waals surface area contributed by atoms with Crippen molar-refractivity contribution in [2.75, 3.05) is 11.9 Å². The lowest BCUT2D eigenvalue weighted by Gasteiger charge is -2.12. The average Bonchev–Trinajstić information content (AvgIpc) is 2.30. The van der Waals surface area contributed by atoms with Gasteiger partial charge in [-0.25, -0.2) is 0 Å². The Morgan fingerprint density at radius 2 is 2.28 bits per heavy atom. The highest BCUT2D eigenvalue weighted by Gasteiger charge is 2.09. The first kappa shape index (κ1) is 14.8. The van der Waals surface area contributed by atoms with E-state index >= 15 is 0 Å². The van der Waals surface area contributed by atoms with Crippen LogP contribution in [0.4, 0.5) is 5.69 Å². The van der Waals surface area contributed by atoms with Gasteiger partial charge in [0, 0.05) is 17.5 Å². The minimum absolute atomic E-state index is 0.0153. The summed E-state index contributed by atoms with van der Waals surface area (Å²) in [6.07, 6.45) is 1.03. The largest absolute Gasteiger partial charge is 0.492 e. The number of amides is 1. The third-order valence-corrected chi connectivity index (χ3v) is 2.58. The van der Waals surface area contributed by atoms with E-state index in [2.05, 4.69) is 5.32 Å². The number of anilines is 1. The van der Waals surface area contributed by atoms with Crippen LogP contribution in [-0.2, 0) is 4.79 Å². The minimum Gasteiger partial charge on any atom is -0.492 e.